The van der Waals surface area contributed by atoms with Crippen LogP contribution in [0.4, 0.5) is 0 Å². The van der Waals surface area contributed by atoms with Crippen LogP contribution >= 0.6 is 15.9 Å². The number of amides is 1. The van der Waals surface area contributed by atoms with E-state index >= 15 is 0 Å². The zero-order valence-corrected chi connectivity index (χ0v) is 11.6. The molecule has 1 aromatic rings. The highest BCUT2D eigenvalue weighted by molar-refractivity contribution is 9.10. The van der Waals surface area contributed by atoms with Gasteiger partial charge in [-0.05, 0) is 47.8 Å². The first kappa shape index (κ1) is 12.6. The molecule has 2 rings (SSSR count). The number of nitrogens with one attached hydrogen (secondary N) is 1. The number of pyridine rings is 1. The molecule has 0 unspecified atom stereocenters. The number of halogens is 1. The number of rotatable bonds is 2. The van der Waals surface area contributed by atoms with E-state index in [1.165, 1.54) is 19.3 Å². The Morgan fingerprint density at radius 3 is 2.71 bits per heavy atom. The average Bonchev–Trinajstić information content (AvgIpc) is 2.29. The predicted molar refractivity (Wildman–Crippen MR) is 70.9 cm³/mol. The van der Waals surface area contributed by atoms with E-state index in [4.69, 9.17) is 0 Å². The molecule has 1 aromatic heterocycles. The molecule has 1 aliphatic rings. The van der Waals surface area contributed by atoms with Gasteiger partial charge < -0.3 is 5.32 Å². The summed E-state index contributed by atoms with van der Waals surface area (Å²) in [6, 6.07) is 5.39. The third-order valence-corrected chi connectivity index (χ3v) is 3.76. The lowest BCUT2D eigenvalue weighted by Crippen LogP contribution is -2.47. The highest BCUT2D eigenvalue weighted by Crippen LogP contribution is 2.27. The van der Waals surface area contributed by atoms with Gasteiger partial charge in [0.05, 0.1) is 0 Å². The zero-order chi connectivity index (χ0) is 12.3. The SMILES string of the molecule is CC1(NC(=O)c2cccc(Br)n2)CCCCC1. The van der Waals surface area contributed by atoms with E-state index in [0.29, 0.717) is 10.3 Å². The molecule has 0 atom stereocenters. The monoisotopic (exact) mass is 296 g/mol. The maximum atomic E-state index is 12.1. The highest BCUT2D eigenvalue weighted by atomic mass is 79.9. The number of carbonyl (C=O) groups excluding carboxylic acids is 1. The van der Waals surface area contributed by atoms with E-state index in [-0.39, 0.29) is 11.4 Å². The number of nitrogens with zero attached hydrogens (tertiary/aromatic N) is 1. The molecule has 4 heteroatoms. The lowest BCUT2D eigenvalue weighted by molar-refractivity contribution is 0.0877. The lowest BCUT2D eigenvalue weighted by Gasteiger charge is -2.34. The van der Waals surface area contributed by atoms with Crippen LogP contribution in [0.3, 0.4) is 0 Å². The van der Waals surface area contributed by atoms with Gasteiger partial charge in [-0.2, -0.15) is 0 Å². The summed E-state index contributed by atoms with van der Waals surface area (Å²) in [4.78, 5) is 16.3. The van der Waals surface area contributed by atoms with E-state index < -0.39 is 0 Å². The van der Waals surface area contributed by atoms with Gasteiger partial charge in [0.15, 0.2) is 0 Å². The molecule has 1 saturated carbocycles. The Morgan fingerprint density at radius 2 is 2.06 bits per heavy atom. The third-order valence-electron chi connectivity index (χ3n) is 3.32. The van der Waals surface area contributed by atoms with Crippen molar-refractivity contribution in [2.45, 2.75) is 44.6 Å². The summed E-state index contributed by atoms with van der Waals surface area (Å²) in [6.07, 6.45) is 5.80. The zero-order valence-electron chi connectivity index (χ0n) is 10.0. The normalized spacial score (nSPS) is 18.7. The Bertz CT molecular complexity index is 414. The molecule has 17 heavy (non-hydrogen) atoms. The van der Waals surface area contributed by atoms with Gasteiger partial charge >= 0.3 is 0 Å². The van der Waals surface area contributed by atoms with Gasteiger partial charge in [0, 0.05) is 5.54 Å². The van der Waals surface area contributed by atoms with E-state index in [9.17, 15) is 4.79 Å². The van der Waals surface area contributed by atoms with Crippen molar-refractivity contribution in [3.05, 3.63) is 28.5 Å². The number of aromatic nitrogens is 1. The van der Waals surface area contributed by atoms with Crippen LogP contribution in [-0.2, 0) is 0 Å². The second kappa shape index (κ2) is 5.17. The summed E-state index contributed by atoms with van der Waals surface area (Å²) in [5.74, 6) is -0.0734. The second-order valence-corrected chi connectivity index (χ2v) is 5.73. The third kappa shape index (κ3) is 3.28. The molecule has 0 aliphatic heterocycles. The van der Waals surface area contributed by atoms with Crippen molar-refractivity contribution in [3.63, 3.8) is 0 Å². The van der Waals surface area contributed by atoms with Crippen LogP contribution in [0.1, 0.15) is 49.5 Å². The van der Waals surface area contributed by atoms with Crippen molar-refractivity contribution < 1.29 is 4.79 Å². The summed E-state index contributed by atoms with van der Waals surface area (Å²) in [6.45, 7) is 2.13. The van der Waals surface area contributed by atoms with Crippen LogP contribution in [-0.4, -0.2) is 16.4 Å². The highest BCUT2D eigenvalue weighted by Gasteiger charge is 2.28. The molecule has 0 spiro atoms. The van der Waals surface area contributed by atoms with Crippen LogP contribution in [0.5, 0.6) is 0 Å². The Balaban J connectivity index is 2.06. The molecule has 92 valence electrons. The minimum Gasteiger partial charge on any atom is -0.346 e. The van der Waals surface area contributed by atoms with E-state index in [2.05, 4.69) is 33.2 Å². The summed E-state index contributed by atoms with van der Waals surface area (Å²) >= 11 is 3.28. The van der Waals surface area contributed by atoms with Crippen LogP contribution < -0.4 is 5.32 Å². The van der Waals surface area contributed by atoms with Crippen LogP contribution in [0.2, 0.25) is 0 Å². The van der Waals surface area contributed by atoms with Gasteiger partial charge in [-0.15, -0.1) is 0 Å². The molecule has 1 N–H and O–H groups in total. The molecular weight excluding hydrogens is 280 g/mol. The fraction of sp³-hybridized carbons (Fsp3) is 0.538. The molecule has 1 aliphatic carbocycles. The largest absolute Gasteiger partial charge is 0.346 e. The van der Waals surface area contributed by atoms with Gasteiger partial charge in [-0.1, -0.05) is 25.3 Å². The Hall–Kier alpha value is -0.900. The van der Waals surface area contributed by atoms with Crippen molar-refractivity contribution in [1.82, 2.24) is 10.3 Å². The minimum absolute atomic E-state index is 0.0562. The van der Waals surface area contributed by atoms with Crippen molar-refractivity contribution in [3.8, 4) is 0 Å². The van der Waals surface area contributed by atoms with E-state index in [0.717, 1.165) is 12.8 Å². The van der Waals surface area contributed by atoms with Crippen LogP contribution in [0.15, 0.2) is 22.8 Å². The van der Waals surface area contributed by atoms with Gasteiger partial charge in [-0.3, -0.25) is 4.79 Å². The fourth-order valence-electron chi connectivity index (χ4n) is 2.33. The van der Waals surface area contributed by atoms with Crippen LogP contribution in [0.25, 0.3) is 0 Å². The molecule has 0 saturated heterocycles. The maximum Gasteiger partial charge on any atom is 0.270 e. The summed E-state index contributed by atoms with van der Waals surface area (Å²) in [5, 5.41) is 3.12. The number of hydrogen-bond donors (Lipinski definition) is 1. The van der Waals surface area contributed by atoms with Crippen molar-refractivity contribution in [1.29, 1.82) is 0 Å². The average molecular weight is 297 g/mol. The molecule has 0 bridgehead atoms. The van der Waals surface area contributed by atoms with Gasteiger partial charge in [0.1, 0.15) is 10.3 Å². The maximum absolute atomic E-state index is 12.1. The lowest BCUT2D eigenvalue weighted by atomic mass is 9.83. The quantitative estimate of drug-likeness (QED) is 0.851. The predicted octanol–water partition coefficient (Wildman–Crippen LogP) is 3.30. The molecule has 1 fully saturated rings. The molecule has 3 nitrogen and oxygen atoms in total. The smallest absolute Gasteiger partial charge is 0.270 e. The summed E-state index contributed by atoms with van der Waals surface area (Å²) < 4.78 is 0.693. The molecule has 0 aromatic carbocycles. The van der Waals surface area contributed by atoms with Crippen LogP contribution in [0, 0.1) is 0 Å². The second-order valence-electron chi connectivity index (χ2n) is 4.92. The first-order valence-corrected chi connectivity index (χ1v) is 6.83. The van der Waals surface area contributed by atoms with Crippen molar-refractivity contribution in [2.75, 3.05) is 0 Å². The van der Waals surface area contributed by atoms with E-state index in [1.54, 1.807) is 6.07 Å². The molecular formula is C13H17BrN2O. The van der Waals surface area contributed by atoms with E-state index in [1.807, 2.05) is 12.1 Å². The summed E-state index contributed by atoms with van der Waals surface area (Å²) in [7, 11) is 0. The Morgan fingerprint density at radius 1 is 1.35 bits per heavy atom. The number of hydrogen-bond acceptors (Lipinski definition) is 2. The Kier molecular flexibility index (Phi) is 3.82. The molecule has 0 radical (unpaired) electrons. The van der Waals surface area contributed by atoms with Crippen molar-refractivity contribution >= 4 is 21.8 Å². The van der Waals surface area contributed by atoms with Crippen molar-refractivity contribution in [2.24, 2.45) is 0 Å². The molecule has 1 amide bonds. The summed E-state index contributed by atoms with van der Waals surface area (Å²) in [5.41, 5.74) is 0.422. The van der Waals surface area contributed by atoms with Gasteiger partial charge in [0.2, 0.25) is 0 Å². The molecule has 1 heterocycles. The van der Waals surface area contributed by atoms with Gasteiger partial charge in [-0.25, -0.2) is 4.98 Å². The standard InChI is InChI=1S/C13H17BrN2O/c1-13(8-3-2-4-9-13)16-12(17)10-6-5-7-11(14)15-10/h5-7H,2-4,8-9H2,1H3,(H,16,17). The fourth-order valence-corrected chi connectivity index (χ4v) is 2.67. The van der Waals surface area contributed by atoms with Gasteiger partial charge in [0.25, 0.3) is 5.91 Å². The first-order valence-electron chi connectivity index (χ1n) is 6.04. The Labute approximate surface area is 110 Å². The minimum atomic E-state index is -0.0734. The number of carbonyl (C=O) groups is 1. The first-order chi connectivity index (χ1) is 8.09. The topological polar surface area (TPSA) is 42.0 Å².